The molecule has 2 amide bonds. The van der Waals surface area contributed by atoms with Crippen LogP contribution in [0, 0.1) is 5.92 Å². The van der Waals surface area contributed by atoms with Crippen molar-refractivity contribution in [3.05, 3.63) is 0 Å². The summed E-state index contributed by atoms with van der Waals surface area (Å²) in [6.07, 6.45) is 1.54. The lowest BCUT2D eigenvalue weighted by molar-refractivity contribution is -0.140. The van der Waals surface area contributed by atoms with Crippen molar-refractivity contribution in [1.29, 1.82) is 0 Å². The number of carboxylic acid groups (broad SMARTS) is 1. The first-order valence-corrected chi connectivity index (χ1v) is 7.27. The molecule has 0 radical (unpaired) electrons. The van der Waals surface area contributed by atoms with Crippen LogP contribution in [-0.4, -0.2) is 54.2 Å². The highest BCUT2D eigenvalue weighted by molar-refractivity contribution is 5.82. The van der Waals surface area contributed by atoms with Gasteiger partial charge < -0.3 is 20.6 Å². The van der Waals surface area contributed by atoms with Crippen molar-refractivity contribution in [3.8, 4) is 0 Å². The van der Waals surface area contributed by atoms with Crippen LogP contribution in [0.2, 0.25) is 0 Å². The largest absolute Gasteiger partial charge is 0.480 e. The number of nitrogens with zero attached hydrogens (tertiary/aromatic N) is 1. The summed E-state index contributed by atoms with van der Waals surface area (Å²) in [7, 11) is 2.04. The van der Waals surface area contributed by atoms with Crippen molar-refractivity contribution in [3.63, 3.8) is 0 Å². The normalized spacial score (nSPS) is 14.2. The second kappa shape index (κ2) is 9.58. The summed E-state index contributed by atoms with van der Waals surface area (Å²) in [5.74, 6) is -1.08. The van der Waals surface area contributed by atoms with E-state index in [0.29, 0.717) is 19.0 Å². The maximum atomic E-state index is 11.7. The predicted molar refractivity (Wildman–Crippen MR) is 79.8 cm³/mol. The second-order valence-corrected chi connectivity index (χ2v) is 5.53. The van der Waals surface area contributed by atoms with E-state index in [1.165, 1.54) is 0 Å². The van der Waals surface area contributed by atoms with E-state index in [-0.39, 0.29) is 5.92 Å². The summed E-state index contributed by atoms with van der Waals surface area (Å²) < 4.78 is 0. The molecule has 3 N–H and O–H groups in total. The van der Waals surface area contributed by atoms with Crippen molar-refractivity contribution >= 4 is 12.0 Å². The van der Waals surface area contributed by atoms with Gasteiger partial charge in [-0.1, -0.05) is 20.3 Å². The molecule has 0 aliphatic rings. The lowest BCUT2D eigenvalue weighted by Gasteiger charge is -2.22. The first kappa shape index (κ1) is 18.7. The van der Waals surface area contributed by atoms with Crippen LogP contribution in [0.5, 0.6) is 0 Å². The van der Waals surface area contributed by atoms with Gasteiger partial charge in [-0.15, -0.1) is 0 Å². The van der Waals surface area contributed by atoms with E-state index >= 15 is 0 Å². The van der Waals surface area contributed by atoms with E-state index in [1.807, 2.05) is 20.9 Å². The Balaban J connectivity index is 4.00. The molecule has 0 aliphatic carbocycles. The molecule has 0 saturated heterocycles. The molecular weight excluding hydrogens is 258 g/mol. The van der Waals surface area contributed by atoms with Crippen molar-refractivity contribution in [1.82, 2.24) is 15.5 Å². The van der Waals surface area contributed by atoms with Gasteiger partial charge in [0.2, 0.25) is 0 Å². The van der Waals surface area contributed by atoms with Crippen molar-refractivity contribution in [2.24, 2.45) is 5.92 Å². The molecule has 0 aromatic rings. The van der Waals surface area contributed by atoms with Gasteiger partial charge in [-0.3, -0.25) is 0 Å². The summed E-state index contributed by atoms with van der Waals surface area (Å²) in [6.45, 7) is 9.38. The van der Waals surface area contributed by atoms with Crippen molar-refractivity contribution in [2.45, 2.75) is 52.6 Å². The van der Waals surface area contributed by atoms with E-state index < -0.39 is 18.0 Å². The number of carboxylic acids is 1. The Morgan fingerprint density at radius 1 is 1.25 bits per heavy atom. The second-order valence-electron chi connectivity index (χ2n) is 5.53. The van der Waals surface area contributed by atoms with Crippen LogP contribution < -0.4 is 10.6 Å². The molecule has 0 aromatic heterocycles. The predicted octanol–water partition coefficient (Wildman–Crippen LogP) is 1.52. The van der Waals surface area contributed by atoms with Crippen LogP contribution in [0.15, 0.2) is 0 Å². The molecule has 118 valence electrons. The highest BCUT2D eigenvalue weighted by Crippen LogP contribution is 2.07. The average Bonchev–Trinajstić information content (AvgIpc) is 2.39. The van der Waals surface area contributed by atoms with Crippen LogP contribution in [0.1, 0.15) is 40.5 Å². The molecule has 20 heavy (non-hydrogen) atoms. The first-order chi connectivity index (χ1) is 9.29. The average molecular weight is 287 g/mol. The van der Waals surface area contributed by atoms with E-state index in [2.05, 4.69) is 29.4 Å². The van der Waals surface area contributed by atoms with Crippen LogP contribution in [0.3, 0.4) is 0 Å². The number of amides is 2. The van der Waals surface area contributed by atoms with Gasteiger partial charge in [-0.2, -0.15) is 0 Å². The Morgan fingerprint density at radius 3 is 2.30 bits per heavy atom. The molecule has 0 fully saturated rings. The molecule has 0 spiro atoms. The number of rotatable bonds is 9. The Bertz CT molecular complexity index is 308. The molecule has 0 saturated carbocycles. The number of carbonyl (C=O) groups is 2. The molecule has 6 heteroatoms. The Morgan fingerprint density at radius 2 is 1.85 bits per heavy atom. The number of aliphatic carboxylic acids is 1. The number of urea groups is 1. The van der Waals surface area contributed by atoms with Gasteiger partial charge in [0.25, 0.3) is 0 Å². The molecule has 0 aliphatic heterocycles. The number of nitrogens with one attached hydrogen (secondary N) is 2. The van der Waals surface area contributed by atoms with Crippen molar-refractivity contribution < 1.29 is 14.7 Å². The Labute approximate surface area is 121 Å². The van der Waals surface area contributed by atoms with Gasteiger partial charge >= 0.3 is 12.0 Å². The molecule has 2 atom stereocenters. The van der Waals surface area contributed by atoms with Crippen molar-refractivity contribution in [2.75, 3.05) is 20.1 Å². The minimum Gasteiger partial charge on any atom is -0.480 e. The third-order valence-electron chi connectivity index (χ3n) is 3.62. The monoisotopic (exact) mass is 287 g/mol. The fourth-order valence-corrected chi connectivity index (χ4v) is 1.66. The van der Waals surface area contributed by atoms with E-state index in [1.54, 1.807) is 0 Å². The molecular formula is C14H29N3O3. The van der Waals surface area contributed by atoms with Crippen LogP contribution in [0.25, 0.3) is 0 Å². The van der Waals surface area contributed by atoms with Gasteiger partial charge in [0.1, 0.15) is 6.04 Å². The zero-order valence-corrected chi connectivity index (χ0v) is 13.3. The van der Waals surface area contributed by atoms with Gasteiger partial charge in [0, 0.05) is 12.6 Å². The minimum absolute atomic E-state index is 0.0923. The first-order valence-electron chi connectivity index (χ1n) is 7.27. The topological polar surface area (TPSA) is 81.7 Å². The molecule has 6 nitrogen and oxygen atoms in total. The maximum Gasteiger partial charge on any atom is 0.326 e. The molecule has 0 rings (SSSR count). The van der Waals surface area contributed by atoms with Gasteiger partial charge in [0.05, 0.1) is 0 Å². The SMILES string of the molecule is CCC(C)[C@H](NC(=O)NCCCN(C)C(C)C)C(=O)O. The summed E-state index contributed by atoms with van der Waals surface area (Å²) in [5, 5.41) is 14.3. The maximum absolute atomic E-state index is 11.7. The smallest absolute Gasteiger partial charge is 0.326 e. The van der Waals surface area contributed by atoms with E-state index in [4.69, 9.17) is 5.11 Å². The lowest BCUT2D eigenvalue weighted by Crippen LogP contribution is -2.49. The number of hydrogen-bond donors (Lipinski definition) is 3. The number of carbonyl (C=O) groups excluding carboxylic acids is 1. The lowest BCUT2D eigenvalue weighted by atomic mass is 9.99. The minimum atomic E-state index is -0.992. The summed E-state index contributed by atoms with van der Waals surface area (Å²) in [5.41, 5.74) is 0. The summed E-state index contributed by atoms with van der Waals surface area (Å²) in [6, 6.07) is -0.770. The summed E-state index contributed by atoms with van der Waals surface area (Å²) >= 11 is 0. The molecule has 0 bridgehead atoms. The quantitative estimate of drug-likeness (QED) is 0.562. The standard InChI is InChI=1S/C14H29N3O3/c1-6-11(4)12(13(18)19)16-14(20)15-8-7-9-17(5)10(2)3/h10-12H,6-9H2,1-5H3,(H,18,19)(H2,15,16,20)/t11?,12-/m0/s1. The van der Waals surface area contributed by atoms with E-state index in [9.17, 15) is 9.59 Å². The van der Waals surface area contributed by atoms with Gasteiger partial charge in [-0.05, 0) is 39.8 Å². The third-order valence-corrected chi connectivity index (χ3v) is 3.62. The summed E-state index contributed by atoms with van der Waals surface area (Å²) in [4.78, 5) is 24.9. The van der Waals surface area contributed by atoms with Crippen LogP contribution in [0.4, 0.5) is 4.79 Å². The van der Waals surface area contributed by atoms with Gasteiger partial charge in [0.15, 0.2) is 0 Å². The third kappa shape index (κ3) is 7.33. The highest BCUT2D eigenvalue weighted by atomic mass is 16.4. The Hall–Kier alpha value is -1.30. The fourth-order valence-electron chi connectivity index (χ4n) is 1.66. The zero-order valence-electron chi connectivity index (χ0n) is 13.3. The highest BCUT2D eigenvalue weighted by Gasteiger charge is 2.24. The molecule has 1 unspecified atom stereocenters. The Kier molecular flexibility index (Phi) is 8.96. The zero-order chi connectivity index (χ0) is 15.7. The van der Waals surface area contributed by atoms with Crippen LogP contribution in [-0.2, 0) is 4.79 Å². The fraction of sp³-hybridized carbons (Fsp3) is 0.857. The molecule has 0 aromatic carbocycles. The van der Waals surface area contributed by atoms with Gasteiger partial charge in [-0.25, -0.2) is 9.59 Å². The van der Waals surface area contributed by atoms with Crippen LogP contribution >= 0.6 is 0 Å². The van der Waals surface area contributed by atoms with E-state index in [0.717, 1.165) is 13.0 Å². The molecule has 0 heterocycles. The number of hydrogen-bond acceptors (Lipinski definition) is 3.